The van der Waals surface area contributed by atoms with Crippen molar-refractivity contribution in [1.82, 2.24) is 10.2 Å². The molecule has 4 N–H and O–H groups in total. The second-order valence-electron chi connectivity index (χ2n) is 3.67. The number of halogens is 2. The lowest BCUT2D eigenvalue weighted by molar-refractivity contribution is 0.102. The van der Waals surface area contributed by atoms with Gasteiger partial charge >= 0.3 is 0 Å². The van der Waals surface area contributed by atoms with E-state index in [0.29, 0.717) is 5.69 Å². The van der Waals surface area contributed by atoms with Gasteiger partial charge in [-0.2, -0.15) is 5.10 Å². The van der Waals surface area contributed by atoms with Crippen molar-refractivity contribution < 1.29 is 13.6 Å². The number of aryl methyl sites for hydroxylation is 1. The fourth-order valence-corrected chi connectivity index (χ4v) is 1.39. The molecule has 1 heterocycles. The van der Waals surface area contributed by atoms with Gasteiger partial charge in [0.15, 0.2) is 17.5 Å². The fourth-order valence-electron chi connectivity index (χ4n) is 1.39. The summed E-state index contributed by atoms with van der Waals surface area (Å²) in [6.07, 6.45) is 0. The Morgan fingerprint density at radius 3 is 2.78 bits per heavy atom. The number of amides is 1. The van der Waals surface area contributed by atoms with E-state index in [1.165, 1.54) is 12.1 Å². The number of hydrogen-bond donors (Lipinski definition) is 3. The van der Waals surface area contributed by atoms with Gasteiger partial charge in [-0.3, -0.25) is 9.89 Å². The molecule has 0 aliphatic heterocycles. The Kier molecular flexibility index (Phi) is 2.97. The number of carbonyl (C=O) groups is 1. The first-order chi connectivity index (χ1) is 8.50. The molecule has 0 spiro atoms. The molecule has 1 aromatic carbocycles. The van der Waals surface area contributed by atoms with Crippen molar-refractivity contribution in [2.75, 3.05) is 11.1 Å². The highest BCUT2D eigenvalue weighted by Gasteiger charge is 2.17. The Hall–Kier alpha value is -2.44. The summed E-state index contributed by atoms with van der Waals surface area (Å²) in [5, 5.41) is 8.60. The molecule has 7 heteroatoms. The van der Waals surface area contributed by atoms with Crippen LogP contribution < -0.4 is 11.1 Å². The van der Waals surface area contributed by atoms with Gasteiger partial charge in [-0.05, 0) is 19.1 Å². The van der Waals surface area contributed by atoms with E-state index in [4.69, 9.17) is 5.73 Å². The van der Waals surface area contributed by atoms with E-state index < -0.39 is 23.1 Å². The maximum Gasteiger partial charge on any atom is 0.260 e. The first-order valence-electron chi connectivity index (χ1n) is 5.06. The van der Waals surface area contributed by atoms with Gasteiger partial charge in [0.05, 0.1) is 16.9 Å². The maximum atomic E-state index is 13.4. The number of aromatic nitrogens is 2. The van der Waals surface area contributed by atoms with Crippen LogP contribution in [0.25, 0.3) is 0 Å². The molecule has 0 fully saturated rings. The topological polar surface area (TPSA) is 83.8 Å². The number of hydrogen-bond acceptors (Lipinski definition) is 3. The predicted molar refractivity (Wildman–Crippen MR) is 62.0 cm³/mol. The van der Waals surface area contributed by atoms with E-state index in [0.717, 1.165) is 6.07 Å². The van der Waals surface area contributed by atoms with Crippen molar-refractivity contribution in [3.05, 3.63) is 41.1 Å². The van der Waals surface area contributed by atoms with Crippen LogP contribution in [0.2, 0.25) is 0 Å². The average Bonchev–Trinajstić information content (AvgIpc) is 2.64. The van der Waals surface area contributed by atoms with E-state index in [9.17, 15) is 13.6 Å². The van der Waals surface area contributed by atoms with Crippen molar-refractivity contribution >= 4 is 17.4 Å². The number of benzene rings is 1. The highest BCUT2D eigenvalue weighted by molar-refractivity contribution is 6.05. The molecular formula is C11H10F2N4O. The molecule has 1 amide bonds. The Morgan fingerprint density at radius 1 is 1.44 bits per heavy atom. The molecule has 18 heavy (non-hydrogen) atoms. The van der Waals surface area contributed by atoms with Gasteiger partial charge < -0.3 is 11.1 Å². The summed E-state index contributed by atoms with van der Waals surface area (Å²) in [5.41, 5.74) is 6.04. The minimum atomic E-state index is -1.21. The predicted octanol–water partition coefficient (Wildman–Crippen LogP) is 1.83. The molecule has 2 rings (SSSR count). The zero-order valence-electron chi connectivity index (χ0n) is 9.42. The molecule has 0 radical (unpaired) electrons. The second-order valence-corrected chi connectivity index (χ2v) is 3.67. The van der Waals surface area contributed by atoms with E-state index in [1.54, 1.807) is 6.92 Å². The average molecular weight is 252 g/mol. The van der Waals surface area contributed by atoms with Gasteiger partial charge in [0.1, 0.15) is 0 Å². The maximum absolute atomic E-state index is 13.4. The summed E-state index contributed by atoms with van der Waals surface area (Å²) in [6, 6.07) is 3.34. The standard InChI is InChI=1S/C11H10F2N4O/c1-5-9(14)10(17-16-5)15-11(18)6-3-2-4-7(12)8(6)13/h2-4H,14H2,1H3,(H2,15,16,17,18). The third-order valence-corrected chi connectivity index (χ3v) is 2.42. The summed E-state index contributed by atoms with van der Waals surface area (Å²) in [6.45, 7) is 1.67. The normalized spacial score (nSPS) is 10.4. The van der Waals surface area contributed by atoms with E-state index >= 15 is 0 Å². The largest absolute Gasteiger partial charge is 0.394 e. The summed E-state index contributed by atoms with van der Waals surface area (Å²) in [7, 11) is 0. The van der Waals surface area contributed by atoms with Crippen molar-refractivity contribution in [2.24, 2.45) is 0 Å². The fraction of sp³-hybridized carbons (Fsp3) is 0.0909. The van der Waals surface area contributed by atoms with Crippen LogP contribution in [0.15, 0.2) is 18.2 Å². The van der Waals surface area contributed by atoms with Crippen LogP contribution in [0.5, 0.6) is 0 Å². The van der Waals surface area contributed by atoms with Gasteiger partial charge in [0, 0.05) is 0 Å². The van der Waals surface area contributed by atoms with Gasteiger partial charge in [-0.1, -0.05) is 6.07 Å². The molecule has 94 valence electrons. The van der Waals surface area contributed by atoms with E-state index in [1.807, 2.05) is 0 Å². The molecule has 0 aliphatic rings. The summed E-state index contributed by atoms with van der Waals surface area (Å²) in [4.78, 5) is 11.7. The molecular weight excluding hydrogens is 242 g/mol. The number of aromatic amines is 1. The first-order valence-corrected chi connectivity index (χ1v) is 5.06. The van der Waals surface area contributed by atoms with Crippen LogP contribution in [0.4, 0.5) is 20.3 Å². The SMILES string of the molecule is Cc1[nH]nc(NC(=O)c2cccc(F)c2F)c1N. The number of carbonyl (C=O) groups excluding carboxylic acids is 1. The number of anilines is 2. The molecule has 0 saturated heterocycles. The molecule has 0 aliphatic carbocycles. The van der Waals surface area contributed by atoms with E-state index in [-0.39, 0.29) is 11.5 Å². The number of H-pyrrole nitrogens is 1. The van der Waals surface area contributed by atoms with Crippen molar-refractivity contribution in [2.45, 2.75) is 6.92 Å². The van der Waals surface area contributed by atoms with Gasteiger partial charge in [0.25, 0.3) is 5.91 Å². The Bertz CT molecular complexity index is 609. The highest BCUT2D eigenvalue weighted by atomic mass is 19.2. The molecule has 5 nitrogen and oxygen atoms in total. The minimum absolute atomic E-state index is 0.0844. The number of nitrogens with one attached hydrogen (secondary N) is 2. The molecule has 1 aromatic heterocycles. The molecule has 2 aromatic rings. The lowest BCUT2D eigenvalue weighted by atomic mass is 10.2. The lowest BCUT2D eigenvalue weighted by Gasteiger charge is -2.04. The monoisotopic (exact) mass is 252 g/mol. The van der Waals surface area contributed by atoms with Crippen molar-refractivity contribution in [3.63, 3.8) is 0 Å². The van der Waals surface area contributed by atoms with Crippen LogP contribution in [0, 0.1) is 18.6 Å². The third-order valence-electron chi connectivity index (χ3n) is 2.42. The molecule has 0 bridgehead atoms. The van der Waals surface area contributed by atoms with Crippen molar-refractivity contribution in [3.8, 4) is 0 Å². The Balaban J connectivity index is 2.28. The van der Waals surface area contributed by atoms with Crippen LogP contribution in [-0.2, 0) is 0 Å². The molecule has 0 saturated carbocycles. The highest BCUT2D eigenvalue weighted by Crippen LogP contribution is 2.19. The second kappa shape index (κ2) is 4.44. The Labute approximate surface area is 101 Å². The number of nitrogens with zero attached hydrogens (tertiary/aromatic N) is 1. The zero-order valence-corrected chi connectivity index (χ0v) is 9.42. The first kappa shape index (κ1) is 12.0. The number of nitrogen functional groups attached to an aromatic ring is 1. The zero-order chi connectivity index (χ0) is 13.3. The summed E-state index contributed by atoms with van der Waals surface area (Å²) in [5.74, 6) is -3.03. The third kappa shape index (κ3) is 2.02. The summed E-state index contributed by atoms with van der Waals surface area (Å²) < 4.78 is 26.3. The van der Waals surface area contributed by atoms with E-state index in [2.05, 4.69) is 15.5 Å². The van der Waals surface area contributed by atoms with Gasteiger partial charge in [-0.25, -0.2) is 8.78 Å². The van der Waals surface area contributed by atoms with Gasteiger partial charge in [-0.15, -0.1) is 0 Å². The lowest BCUT2D eigenvalue weighted by Crippen LogP contribution is -2.15. The summed E-state index contributed by atoms with van der Waals surface area (Å²) >= 11 is 0. The molecule has 0 atom stereocenters. The smallest absolute Gasteiger partial charge is 0.260 e. The van der Waals surface area contributed by atoms with Crippen LogP contribution in [0.3, 0.4) is 0 Å². The molecule has 0 unspecified atom stereocenters. The minimum Gasteiger partial charge on any atom is -0.394 e. The number of nitrogens with two attached hydrogens (primary N) is 1. The van der Waals surface area contributed by atoms with Crippen LogP contribution in [0.1, 0.15) is 16.1 Å². The quantitative estimate of drug-likeness (QED) is 0.762. The number of rotatable bonds is 2. The van der Waals surface area contributed by atoms with Gasteiger partial charge in [0.2, 0.25) is 0 Å². The van der Waals surface area contributed by atoms with Crippen molar-refractivity contribution in [1.29, 1.82) is 0 Å². The Morgan fingerprint density at radius 2 is 2.17 bits per heavy atom. The van der Waals surface area contributed by atoms with Crippen LogP contribution in [-0.4, -0.2) is 16.1 Å². The van der Waals surface area contributed by atoms with Crippen LogP contribution >= 0.6 is 0 Å².